The monoisotopic (exact) mass is 126 g/mol. The van der Waals surface area contributed by atoms with Crippen LogP contribution in [0.15, 0.2) is 0 Å². The van der Waals surface area contributed by atoms with E-state index in [-0.39, 0.29) is 0 Å². The lowest BCUT2D eigenvalue weighted by Crippen LogP contribution is -2.25. The van der Waals surface area contributed by atoms with Crippen molar-refractivity contribution >= 4 is 0 Å². The molecule has 0 aromatic carbocycles. The molecule has 1 saturated carbocycles. The predicted molar refractivity (Wildman–Crippen MR) is 37.1 cm³/mol. The minimum atomic E-state index is 0.578. The van der Waals surface area contributed by atoms with Gasteiger partial charge in [-0.25, -0.2) is 0 Å². The molecule has 0 radical (unpaired) electrons. The lowest BCUT2D eigenvalue weighted by atomic mass is 10.1. The molecule has 1 saturated heterocycles. The summed E-state index contributed by atoms with van der Waals surface area (Å²) in [4.78, 5) is 2.39. The molecule has 0 spiro atoms. The fourth-order valence-electron chi connectivity index (χ4n) is 2.18. The Bertz CT molecular complexity index is 131. The van der Waals surface area contributed by atoms with Gasteiger partial charge in [-0.3, -0.25) is 0 Å². The van der Waals surface area contributed by atoms with Crippen LogP contribution < -0.4 is 5.73 Å². The summed E-state index contributed by atoms with van der Waals surface area (Å²) in [6.45, 7) is 3.44. The standard InChI is InChI=1S/C7H14N2/c1-9-3-6-2-7(6,4-8)5-9/h6H,2-5,8H2,1H3/t6-,7-/m0/s1. The number of nitrogens with zero attached hydrogens (tertiary/aromatic N) is 1. The van der Waals surface area contributed by atoms with Crippen LogP contribution in [0, 0.1) is 11.3 Å². The normalized spacial score (nSPS) is 49.3. The molecule has 0 aromatic rings. The summed E-state index contributed by atoms with van der Waals surface area (Å²) in [5, 5.41) is 0. The maximum atomic E-state index is 5.65. The van der Waals surface area contributed by atoms with Crippen molar-refractivity contribution in [1.29, 1.82) is 0 Å². The van der Waals surface area contributed by atoms with Crippen LogP contribution in [0.25, 0.3) is 0 Å². The molecule has 9 heavy (non-hydrogen) atoms. The molecule has 52 valence electrons. The van der Waals surface area contributed by atoms with E-state index >= 15 is 0 Å². The molecule has 2 rings (SSSR count). The first-order valence-corrected chi connectivity index (χ1v) is 3.65. The molecule has 2 aliphatic rings. The van der Waals surface area contributed by atoms with Gasteiger partial charge in [0.15, 0.2) is 0 Å². The molecule has 0 unspecified atom stereocenters. The Morgan fingerprint density at radius 1 is 1.78 bits per heavy atom. The van der Waals surface area contributed by atoms with Gasteiger partial charge in [-0.05, 0) is 31.3 Å². The quantitative estimate of drug-likeness (QED) is 0.531. The summed E-state index contributed by atoms with van der Waals surface area (Å²) in [7, 11) is 2.18. The van der Waals surface area contributed by atoms with Crippen molar-refractivity contribution < 1.29 is 0 Å². The molecule has 0 amide bonds. The van der Waals surface area contributed by atoms with E-state index in [1.54, 1.807) is 0 Å². The topological polar surface area (TPSA) is 29.3 Å². The number of hydrogen-bond donors (Lipinski definition) is 1. The highest BCUT2D eigenvalue weighted by Gasteiger charge is 2.57. The van der Waals surface area contributed by atoms with Crippen molar-refractivity contribution in [3.05, 3.63) is 0 Å². The number of rotatable bonds is 1. The van der Waals surface area contributed by atoms with Gasteiger partial charge in [0.2, 0.25) is 0 Å². The van der Waals surface area contributed by atoms with E-state index in [1.165, 1.54) is 19.5 Å². The van der Waals surface area contributed by atoms with E-state index < -0.39 is 0 Å². The Labute approximate surface area is 56.0 Å². The van der Waals surface area contributed by atoms with Crippen LogP contribution in [0.1, 0.15) is 6.42 Å². The van der Waals surface area contributed by atoms with Crippen LogP contribution in [-0.2, 0) is 0 Å². The maximum Gasteiger partial charge on any atom is 0.00504 e. The summed E-state index contributed by atoms with van der Waals surface area (Å²) >= 11 is 0. The van der Waals surface area contributed by atoms with Crippen molar-refractivity contribution in [2.24, 2.45) is 17.1 Å². The van der Waals surface area contributed by atoms with Crippen LogP contribution in [-0.4, -0.2) is 31.6 Å². The van der Waals surface area contributed by atoms with Crippen LogP contribution in [0.3, 0.4) is 0 Å². The largest absolute Gasteiger partial charge is 0.330 e. The SMILES string of the molecule is CN1C[C@@H]2C[C@]2(CN)C1. The van der Waals surface area contributed by atoms with E-state index in [4.69, 9.17) is 5.73 Å². The molecule has 1 aliphatic heterocycles. The van der Waals surface area contributed by atoms with Crippen LogP contribution in [0.4, 0.5) is 0 Å². The number of nitrogens with two attached hydrogens (primary N) is 1. The lowest BCUT2D eigenvalue weighted by molar-refractivity contribution is 0.339. The molecule has 2 fully saturated rings. The summed E-state index contributed by atoms with van der Waals surface area (Å²) < 4.78 is 0. The minimum absolute atomic E-state index is 0.578. The van der Waals surface area contributed by atoms with Gasteiger partial charge in [-0.2, -0.15) is 0 Å². The van der Waals surface area contributed by atoms with Gasteiger partial charge in [0.1, 0.15) is 0 Å². The Hall–Kier alpha value is -0.0800. The molecule has 2 nitrogen and oxygen atoms in total. The summed E-state index contributed by atoms with van der Waals surface area (Å²) in [6, 6.07) is 0. The zero-order valence-corrected chi connectivity index (χ0v) is 5.93. The third-order valence-corrected chi connectivity index (χ3v) is 2.88. The Morgan fingerprint density at radius 2 is 2.56 bits per heavy atom. The average Bonchev–Trinajstić information content (AvgIpc) is 2.38. The summed E-state index contributed by atoms with van der Waals surface area (Å²) in [6.07, 6.45) is 1.40. The molecule has 0 aromatic heterocycles. The smallest absolute Gasteiger partial charge is 0.00504 e. The average molecular weight is 126 g/mol. The third kappa shape index (κ3) is 0.634. The highest BCUT2D eigenvalue weighted by atomic mass is 15.2. The molecule has 1 heterocycles. The Morgan fingerprint density at radius 3 is 2.89 bits per heavy atom. The first-order chi connectivity index (χ1) is 4.27. The van der Waals surface area contributed by atoms with Crippen molar-refractivity contribution in [2.45, 2.75) is 6.42 Å². The fraction of sp³-hybridized carbons (Fsp3) is 1.00. The first kappa shape index (κ1) is 5.69. The van der Waals surface area contributed by atoms with E-state index in [0.717, 1.165) is 12.5 Å². The van der Waals surface area contributed by atoms with Crippen LogP contribution in [0.5, 0.6) is 0 Å². The summed E-state index contributed by atoms with van der Waals surface area (Å²) in [5.41, 5.74) is 6.22. The second kappa shape index (κ2) is 1.50. The van der Waals surface area contributed by atoms with E-state index in [2.05, 4.69) is 11.9 Å². The van der Waals surface area contributed by atoms with Gasteiger partial charge in [0, 0.05) is 13.1 Å². The third-order valence-electron chi connectivity index (χ3n) is 2.88. The molecular weight excluding hydrogens is 112 g/mol. The number of hydrogen-bond acceptors (Lipinski definition) is 2. The van der Waals surface area contributed by atoms with Crippen molar-refractivity contribution in [2.75, 3.05) is 26.7 Å². The van der Waals surface area contributed by atoms with Gasteiger partial charge in [-0.15, -0.1) is 0 Å². The van der Waals surface area contributed by atoms with Gasteiger partial charge in [-0.1, -0.05) is 0 Å². The van der Waals surface area contributed by atoms with E-state index in [9.17, 15) is 0 Å². The molecular formula is C7H14N2. The van der Waals surface area contributed by atoms with E-state index in [0.29, 0.717) is 5.41 Å². The highest BCUT2D eigenvalue weighted by molar-refractivity contribution is 5.10. The maximum absolute atomic E-state index is 5.65. The zero-order chi connectivity index (χ0) is 6.48. The van der Waals surface area contributed by atoms with Gasteiger partial charge < -0.3 is 10.6 Å². The molecule has 2 heteroatoms. The van der Waals surface area contributed by atoms with Crippen LogP contribution in [0.2, 0.25) is 0 Å². The van der Waals surface area contributed by atoms with Crippen molar-refractivity contribution in [1.82, 2.24) is 4.90 Å². The van der Waals surface area contributed by atoms with Crippen molar-refractivity contribution in [3.8, 4) is 0 Å². The number of fused-ring (bicyclic) bond motifs is 1. The molecule has 2 atom stereocenters. The zero-order valence-electron chi connectivity index (χ0n) is 5.93. The molecule has 0 bridgehead atoms. The molecule has 1 aliphatic carbocycles. The van der Waals surface area contributed by atoms with Gasteiger partial charge in [0.05, 0.1) is 0 Å². The summed E-state index contributed by atoms with van der Waals surface area (Å²) in [5.74, 6) is 0.951. The van der Waals surface area contributed by atoms with E-state index in [1.807, 2.05) is 0 Å². The van der Waals surface area contributed by atoms with Gasteiger partial charge >= 0.3 is 0 Å². The second-order valence-electron chi connectivity index (χ2n) is 3.66. The van der Waals surface area contributed by atoms with Crippen LogP contribution >= 0.6 is 0 Å². The molecule has 2 N–H and O–H groups in total. The van der Waals surface area contributed by atoms with Crippen molar-refractivity contribution in [3.63, 3.8) is 0 Å². The number of piperidine rings is 1. The lowest BCUT2D eigenvalue weighted by Gasteiger charge is -2.13. The van der Waals surface area contributed by atoms with Gasteiger partial charge in [0.25, 0.3) is 0 Å². The minimum Gasteiger partial charge on any atom is -0.330 e. The number of likely N-dealkylation sites (tertiary alicyclic amines) is 1. The Balaban J connectivity index is 2.05. The highest BCUT2D eigenvalue weighted by Crippen LogP contribution is 2.56. The second-order valence-corrected chi connectivity index (χ2v) is 3.66. The Kier molecular flexibility index (Phi) is 0.945. The first-order valence-electron chi connectivity index (χ1n) is 3.65. The fourth-order valence-corrected chi connectivity index (χ4v) is 2.18. The predicted octanol–water partition coefficient (Wildman–Crippen LogP) is -0.103.